The van der Waals surface area contributed by atoms with Crippen LogP contribution in [0.15, 0.2) is 119 Å². The quantitative estimate of drug-likeness (QED) is 0.196. The van der Waals surface area contributed by atoms with E-state index in [-0.39, 0.29) is 23.8 Å². The maximum Gasteiger partial charge on any atom is 0.264 e. The van der Waals surface area contributed by atoms with Crippen LogP contribution in [-0.2, 0) is 32.6 Å². The number of nitrogens with one attached hydrogen (secondary N) is 1. The van der Waals surface area contributed by atoms with E-state index < -0.39 is 34.1 Å². The van der Waals surface area contributed by atoms with E-state index in [0.29, 0.717) is 5.69 Å². The van der Waals surface area contributed by atoms with E-state index in [9.17, 15) is 18.0 Å². The molecule has 4 aromatic rings. The van der Waals surface area contributed by atoms with Crippen LogP contribution in [-0.4, -0.2) is 43.3 Å². The maximum absolute atomic E-state index is 14.5. The summed E-state index contributed by atoms with van der Waals surface area (Å²) in [4.78, 5) is 30.0. The van der Waals surface area contributed by atoms with Gasteiger partial charge in [0.25, 0.3) is 10.0 Å². The van der Waals surface area contributed by atoms with Crippen molar-refractivity contribution in [3.63, 3.8) is 0 Å². The summed E-state index contributed by atoms with van der Waals surface area (Å²) in [6.45, 7) is 7.12. The number of hydrogen-bond donors (Lipinski definition) is 1. The third-order valence-corrected chi connectivity index (χ3v) is 9.19. The number of anilines is 1. The van der Waals surface area contributed by atoms with Crippen LogP contribution in [0.5, 0.6) is 0 Å². The van der Waals surface area contributed by atoms with E-state index in [4.69, 9.17) is 0 Å². The van der Waals surface area contributed by atoms with E-state index in [0.717, 1.165) is 25.5 Å². The summed E-state index contributed by atoms with van der Waals surface area (Å²) in [6, 6.07) is 31.2. The fraction of sp³-hybridized carbons (Fsp3) is 0.257. The Morgan fingerprint density at radius 3 is 2.05 bits per heavy atom. The largest absolute Gasteiger partial charge is 0.350 e. The van der Waals surface area contributed by atoms with Gasteiger partial charge in [-0.25, -0.2) is 8.42 Å². The van der Waals surface area contributed by atoms with Crippen molar-refractivity contribution in [3.8, 4) is 0 Å². The first-order valence-electron chi connectivity index (χ1n) is 14.4. The van der Waals surface area contributed by atoms with Gasteiger partial charge in [-0.15, -0.1) is 0 Å². The Morgan fingerprint density at radius 2 is 1.43 bits per heavy atom. The van der Waals surface area contributed by atoms with Crippen LogP contribution in [0.2, 0.25) is 0 Å². The zero-order valence-corrected chi connectivity index (χ0v) is 27.8. The molecule has 0 saturated carbocycles. The second-order valence-corrected chi connectivity index (χ2v) is 14.5. The molecule has 1 atom stereocenters. The maximum atomic E-state index is 14.5. The number of amides is 2. The summed E-state index contributed by atoms with van der Waals surface area (Å²) in [5.74, 6) is -0.825. The standard InChI is InChI=1S/C35H38BrN3O4S/c1-26-13-11-18-30(21-26)39(44(42,43)31-19-9-6-10-20-31)25-33(40)38(24-28-16-12-17-29(36)22-28)32(34(41)37-35(2,3)4)23-27-14-7-5-8-15-27/h5-22,32H,23-25H2,1-4H3,(H,37,41)/t32-/m1/s1. The van der Waals surface area contributed by atoms with Crippen molar-refractivity contribution in [2.45, 2.75) is 57.1 Å². The number of nitrogens with zero attached hydrogens (tertiary/aromatic N) is 2. The van der Waals surface area contributed by atoms with Crippen molar-refractivity contribution in [3.05, 3.63) is 130 Å². The van der Waals surface area contributed by atoms with Crippen molar-refractivity contribution in [1.29, 1.82) is 0 Å². The number of carbonyl (C=O) groups excluding carboxylic acids is 2. The molecular formula is C35H38BrN3O4S. The lowest BCUT2D eigenvalue weighted by Gasteiger charge is -2.35. The lowest BCUT2D eigenvalue weighted by Crippen LogP contribution is -2.56. The fourth-order valence-electron chi connectivity index (χ4n) is 4.87. The monoisotopic (exact) mass is 675 g/mol. The molecule has 0 aromatic heterocycles. The van der Waals surface area contributed by atoms with Crippen LogP contribution in [0.1, 0.15) is 37.5 Å². The molecule has 0 radical (unpaired) electrons. The molecule has 1 N–H and O–H groups in total. The van der Waals surface area contributed by atoms with E-state index in [1.165, 1.54) is 17.0 Å². The van der Waals surface area contributed by atoms with Crippen molar-refractivity contribution in [1.82, 2.24) is 10.2 Å². The Kier molecular flexibility index (Phi) is 10.7. The molecule has 4 rings (SSSR count). The molecule has 230 valence electrons. The first-order chi connectivity index (χ1) is 20.8. The normalized spacial score (nSPS) is 12.3. The minimum Gasteiger partial charge on any atom is -0.350 e. The molecule has 0 bridgehead atoms. The highest BCUT2D eigenvalue weighted by Gasteiger charge is 2.35. The van der Waals surface area contributed by atoms with Gasteiger partial charge < -0.3 is 10.2 Å². The molecule has 0 aliphatic rings. The predicted octanol–water partition coefficient (Wildman–Crippen LogP) is 6.51. The summed E-state index contributed by atoms with van der Waals surface area (Å²) < 4.78 is 30.1. The molecule has 0 saturated heterocycles. The molecule has 0 aliphatic carbocycles. The van der Waals surface area contributed by atoms with Crippen molar-refractivity contribution >= 4 is 43.5 Å². The predicted molar refractivity (Wildman–Crippen MR) is 179 cm³/mol. The topological polar surface area (TPSA) is 86.8 Å². The van der Waals surface area contributed by atoms with Gasteiger partial charge in [0.2, 0.25) is 11.8 Å². The second kappa shape index (κ2) is 14.2. The van der Waals surface area contributed by atoms with Gasteiger partial charge in [-0.1, -0.05) is 88.7 Å². The second-order valence-electron chi connectivity index (χ2n) is 11.8. The Labute approximate surface area is 269 Å². The Bertz CT molecular complexity index is 1690. The van der Waals surface area contributed by atoms with E-state index in [2.05, 4.69) is 21.2 Å². The van der Waals surface area contributed by atoms with E-state index in [1.807, 2.05) is 88.4 Å². The summed E-state index contributed by atoms with van der Waals surface area (Å²) in [5.41, 5.74) is 2.33. The molecule has 4 aromatic carbocycles. The van der Waals surface area contributed by atoms with Gasteiger partial charge in [0, 0.05) is 23.0 Å². The van der Waals surface area contributed by atoms with Gasteiger partial charge in [0.05, 0.1) is 10.6 Å². The van der Waals surface area contributed by atoms with Gasteiger partial charge in [-0.2, -0.15) is 0 Å². The molecule has 44 heavy (non-hydrogen) atoms. The van der Waals surface area contributed by atoms with Gasteiger partial charge in [0.15, 0.2) is 0 Å². The minimum absolute atomic E-state index is 0.0687. The summed E-state index contributed by atoms with van der Waals surface area (Å²) in [7, 11) is -4.13. The molecule has 2 amide bonds. The number of benzene rings is 4. The van der Waals surface area contributed by atoms with Gasteiger partial charge in [-0.05, 0) is 80.8 Å². The molecule has 0 fully saturated rings. The lowest BCUT2D eigenvalue weighted by molar-refractivity contribution is -0.140. The molecule has 0 unspecified atom stereocenters. The number of rotatable bonds is 11. The van der Waals surface area contributed by atoms with E-state index >= 15 is 0 Å². The highest BCUT2D eigenvalue weighted by molar-refractivity contribution is 9.10. The first kappa shape index (κ1) is 33.0. The Balaban J connectivity index is 1.82. The highest BCUT2D eigenvalue weighted by Crippen LogP contribution is 2.26. The van der Waals surface area contributed by atoms with Crippen LogP contribution in [0, 0.1) is 6.92 Å². The summed E-state index contributed by atoms with van der Waals surface area (Å²) in [5, 5.41) is 3.05. The molecule has 9 heteroatoms. The smallest absolute Gasteiger partial charge is 0.264 e. The molecule has 0 aliphatic heterocycles. The first-order valence-corrected chi connectivity index (χ1v) is 16.6. The van der Waals surface area contributed by atoms with Crippen molar-refractivity contribution in [2.75, 3.05) is 10.8 Å². The van der Waals surface area contributed by atoms with Crippen LogP contribution in [0.3, 0.4) is 0 Å². The molecule has 7 nitrogen and oxygen atoms in total. The number of sulfonamides is 1. The third-order valence-electron chi connectivity index (χ3n) is 6.91. The summed E-state index contributed by atoms with van der Waals surface area (Å²) in [6.07, 6.45) is 0.248. The molecular weight excluding hydrogens is 638 g/mol. The average molecular weight is 677 g/mol. The zero-order chi connectivity index (χ0) is 31.9. The fourth-order valence-corrected chi connectivity index (χ4v) is 6.74. The van der Waals surface area contributed by atoms with Gasteiger partial charge in [-0.3, -0.25) is 13.9 Å². The third kappa shape index (κ3) is 8.80. The SMILES string of the molecule is Cc1cccc(N(CC(=O)N(Cc2cccc(Br)c2)[C@H](Cc2ccccc2)C(=O)NC(C)(C)C)S(=O)(=O)c2ccccc2)c1. The molecule has 0 heterocycles. The average Bonchev–Trinajstić information content (AvgIpc) is 2.97. The minimum atomic E-state index is -4.13. The van der Waals surface area contributed by atoms with Crippen LogP contribution in [0.25, 0.3) is 0 Å². The van der Waals surface area contributed by atoms with Crippen LogP contribution < -0.4 is 9.62 Å². The number of hydrogen-bond acceptors (Lipinski definition) is 4. The Morgan fingerprint density at radius 1 is 0.818 bits per heavy atom. The van der Waals surface area contributed by atoms with Gasteiger partial charge >= 0.3 is 0 Å². The number of carbonyl (C=O) groups is 2. The van der Waals surface area contributed by atoms with Crippen LogP contribution >= 0.6 is 15.9 Å². The zero-order valence-electron chi connectivity index (χ0n) is 25.4. The number of aryl methyl sites for hydroxylation is 1. The number of halogens is 1. The van der Waals surface area contributed by atoms with Crippen molar-refractivity contribution in [2.24, 2.45) is 0 Å². The van der Waals surface area contributed by atoms with Crippen LogP contribution in [0.4, 0.5) is 5.69 Å². The highest BCUT2D eigenvalue weighted by atomic mass is 79.9. The molecule has 0 spiro atoms. The van der Waals surface area contributed by atoms with E-state index in [1.54, 1.807) is 36.4 Å². The summed E-state index contributed by atoms with van der Waals surface area (Å²) >= 11 is 3.51. The Hall–Kier alpha value is -3.95. The van der Waals surface area contributed by atoms with Gasteiger partial charge in [0.1, 0.15) is 12.6 Å². The lowest BCUT2D eigenvalue weighted by atomic mass is 10.0. The van der Waals surface area contributed by atoms with Crippen molar-refractivity contribution < 1.29 is 18.0 Å².